The van der Waals surface area contributed by atoms with E-state index in [9.17, 15) is 18.9 Å². The Hall–Kier alpha value is -2.37. The molecule has 0 radical (unpaired) electrons. The maximum absolute atomic E-state index is 14.2. The fourth-order valence-electron chi connectivity index (χ4n) is 3.52. The van der Waals surface area contributed by atoms with Gasteiger partial charge in [-0.2, -0.15) is 0 Å². The Bertz CT molecular complexity index is 1230. The number of carbonyl (C=O) groups is 3. The third-order valence-electron chi connectivity index (χ3n) is 5.98. The largest absolute Gasteiger partial charge is 0.462 e. The number of carbonyl (C=O) groups excluding carboxylic acids is 3. The highest BCUT2D eigenvalue weighted by atomic mass is 32.1. The first-order valence-corrected chi connectivity index (χ1v) is 15.8. The lowest BCUT2D eigenvalue weighted by molar-refractivity contribution is -0.153. The van der Waals surface area contributed by atoms with Gasteiger partial charge < -0.3 is 24.4 Å². The van der Waals surface area contributed by atoms with Crippen LogP contribution in [0.1, 0.15) is 84.3 Å². The number of aldehydes is 1. The van der Waals surface area contributed by atoms with Crippen LogP contribution in [0.3, 0.4) is 0 Å². The Kier molecular flexibility index (Phi) is 11.4. The molecule has 1 fully saturated rings. The first-order valence-electron chi connectivity index (χ1n) is 13.2. The van der Waals surface area contributed by atoms with Gasteiger partial charge >= 0.3 is 5.97 Å². The predicted molar refractivity (Wildman–Crippen MR) is 157 cm³/mol. The topological polar surface area (TPSA) is 163 Å². The Balaban J connectivity index is 0.00000103. The second-order valence-corrected chi connectivity index (χ2v) is 14.5. The van der Waals surface area contributed by atoms with Gasteiger partial charge in [0.05, 0.1) is 17.7 Å². The van der Waals surface area contributed by atoms with Crippen LogP contribution < -0.4 is 21.4 Å². The molecule has 0 bridgehead atoms. The van der Waals surface area contributed by atoms with Crippen molar-refractivity contribution in [1.29, 1.82) is 0 Å². The fraction of sp³-hybridized carbons (Fsp3) is 0.630. The third kappa shape index (κ3) is 8.81. The van der Waals surface area contributed by atoms with Crippen molar-refractivity contribution in [2.45, 2.75) is 97.9 Å². The molecule has 1 saturated carbocycles. The highest BCUT2D eigenvalue weighted by Crippen LogP contribution is 2.43. The van der Waals surface area contributed by atoms with Crippen LogP contribution in [0.5, 0.6) is 0 Å². The molecular formula is C27H43N4O7PS. The fourth-order valence-corrected chi connectivity index (χ4v) is 6.91. The number of thiazole rings is 1. The molecule has 2 aromatic rings. The van der Waals surface area contributed by atoms with Crippen LogP contribution in [-0.4, -0.2) is 53.4 Å². The van der Waals surface area contributed by atoms with E-state index in [1.165, 1.54) is 19.9 Å². The van der Waals surface area contributed by atoms with Gasteiger partial charge in [-0.3, -0.25) is 14.2 Å². The first kappa shape index (κ1) is 33.8. The van der Waals surface area contributed by atoms with Crippen molar-refractivity contribution in [3.8, 4) is 11.5 Å². The van der Waals surface area contributed by atoms with Crippen molar-refractivity contribution in [2.75, 3.05) is 12.8 Å². The van der Waals surface area contributed by atoms with Crippen LogP contribution >= 0.6 is 18.8 Å². The summed E-state index contributed by atoms with van der Waals surface area (Å²) in [5.41, 5.74) is 3.54. The zero-order chi connectivity index (χ0) is 30.5. The van der Waals surface area contributed by atoms with E-state index < -0.39 is 24.5 Å². The zero-order valence-corrected chi connectivity index (χ0v) is 26.5. The van der Waals surface area contributed by atoms with Gasteiger partial charge in [-0.25, -0.2) is 15.2 Å². The molecule has 11 nitrogen and oxygen atoms in total. The summed E-state index contributed by atoms with van der Waals surface area (Å²) in [5.74, 6) is -0.493. The van der Waals surface area contributed by atoms with Gasteiger partial charge in [0, 0.05) is 13.0 Å². The first-order chi connectivity index (χ1) is 18.4. The van der Waals surface area contributed by atoms with Gasteiger partial charge in [0.1, 0.15) is 22.4 Å². The van der Waals surface area contributed by atoms with E-state index >= 15 is 0 Å². The minimum Gasteiger partial charge on any atom is -0.462 e. The summed E-state index contributed by atoms with van der Waals surface area (Å²) in [6, 6.07) is 3.01. The summed E-state index contributed by atoms with van der Waals surface area (Å²) in [7, 11) is -2.21. The molecule has 0 aromatic carbocycles. The maximum atomic E-state index is 14.2. The number of hydrogen-bond acceptors (Lipinski definition) is 10. The van der Waals surface area contributed by atoms with Crippen LogP contribution in [-0.2, 0) is 23.6 Å². The summed E-state index contributed by atoms with van der Waals surface area (Å²) >= 11 is 1.09. The molecule has 1 atom stereocenters. The lowest BCUT2D eigenvalue weighted by Crippen LogP contribution is -2.53. The molecule has 40 heavy (non-hydrogen) atoms. The molecule has 2 heterocycles. The average Bonchev–Trinajstić information content (AvgIpc) is 3.44. The number of ketones is 1. The molecule has 0 spiro atoms. The molecule has 0 saturated heterocycles. The molecule has 1 unspecified atom stereocenters. The Labute approximate surface area is 240 Å². The van der Waals surface area contributed by atoms with Crippen LogP contribution in [0.15, 0.2) is 16.5 Å². The van der Waals surface area contributed by atoms with Gasteiger partial charge in [0.15, 0.2) is 22.2 Å². The van der Waals surface area contributed by atoms with Gasteiger partial charge in [-0.15, -0.1) is 0 Å². The average molecular weight is 599 g/mol. The van der Waals surface area contributed by atoms with Gasteiger partial charge in [0.25, 0.3) is 7.44 Å². The van der Waals surface area contributed by atoms with E-state index in [0.29, 0.717) is 17.3 Å². The van der Waals surface area contributed by atoms with Crippen molar-refractivity contribution < 1.29 is 32.8 Å². The number of hydrogen-bond donors (Lipinski definition) is 3. The molecule has 2 aromatic heterocycles. The molecule has 0 amide bonds. The summed E-state index contributed by atoms with van der Waals surface area (Å²) < 4.78 is 30.2. The Morgan fingerprint density at radius 3 is 2.23 bits per heavy atom. The van der Waals surface area contributed by atoms with Gasteiger partial charge in [-0.05, 0) is 80.4 Å². The SMILES string of the molecule is CC(C)OC(=O)C(C)(C)NP(=O)(NC(C)(C)C=O)c1ccc(-c2nc(N)sc2C(=O)C2CCC2)o1.COC(C)C. The van der Waals surface area contributed by atoms with Crippen molar-refractivity contribution in [2.24, 2.45) is 5.92 Å². The van der Waals surface area contributed by atoms with E-state index in [0.717, 1.165) is 30.6 Å². The van der Waals surface area contributed by atoms with Crippen LogP contribution in [0.4, 0.5) is 5.13 Å². The highest BCUT2D eigenvalue weighted by Gasteiger charge is 2.43. The minimum absolute atomic E-state index is 0.0301. The van der Waals surface area contributed by atoms with Crippen molar-refractivity contribution in [3.63, 3.8) is 0 Å². The van der Waals surface area contributed by atoms with Gasteiger partial charge in [0.2, 0.25) is 0 Å². The molecular weight excluding hydrogens is 555 g/mol. The number of nitrogens with zero attached hydrogens (tertiary/aromatic N) is 1. The summed E-state index contributed by atoms with van der Waals surface area (Å²) in [4.78, 5) is 41.9. The Morgan fingerprint density at radius 1 is 1.15 bits per heavy atom. The summed E-state index contributed by atoms with van der Waals surface area (Å²) in [5, 5.41) is 5.86. The molecule has 3 rings (SSSR count). The Morgan fingerprint density at radius 2 is 1.75 bits per heavy atom. The second-order valence-electron chi connectivity index (χ2n) is 11.4. The number of rotatable bonds is 12. The molecule has 224 valence electrons. The normalized spacial score (nSPS) is 15.7. The maximum Gasteiger partial charge on any atom is 0.326 e. The number of aromatic nitrogens is 1. The molecule has 4 N–H and O–H groups in total. The van der Waals surface area contributed by atoms with E-state index in [2.05, 4.69) is 15.2 Å². The number of nitrogens with one attached hydrogen (secondary N) is 2. The van der Waals surface area contributed by atoms with Crippen molar-refractivity contribution in [1.82, 2.24) is 15.2 Å². The second kappa shape index (κ2) is 13.5. The number of anilines is 1. The zero-order valence-electron chi connectivity index (χ0n) is 24.8. The lowest BCUT2D eigenvalue weighted by atomic mass is 9.81. The number of methoxy groups -OCH3 is 1. The monoisotopic (exact) mass is 598 g/mol. The van der Waals surface area contributed by atoms with E-state index in [4.69, 9.17) is 19.6 Å². The third-order valence-corrected chi connectivity index (χ3v) is 9.51. The lowest BCUT2D eigenvalue weighted by Gasteiger charge is -2.33. The smallest absolute Gasteiger partial charge is 0.326 e. The quantitative estimate of drug-likeness (QED) is 0.134. The number of ether oxygens (including phenoxy) is 2. The molecule has 13 heteroatoms. The highest BCUT2D eigenvalue weighted by molar-refractivity contribution is 7.67. The predicted octanol–water partition coefficient (Wildman–Crippen LogP) is 4.71. The van der Waals surface area contributed by atoms with Crippen LogP contribution in [0.25, 0.3) is 11.5 Å². The summed E-state index contributed by atoms with van der Waals surface area (Å²) in [6.45, 7) is 13.6. The minimum atomic E-state index is -3.91. The number of esters is 1. The van der Waals surface area contributed by atoms with E-state index in [1.807, 2.05) is 13.8 Å². The van der Waals surface area contributed by atoms with Crippen LogP contribution in [0.2, 0.25) is 0 Å². The van der Waals surface area contributed by atoms with Crippen molar-refractivity contribution >= 4 is 47.5 Å². The van der Waals surface area contributed by atoms with E-state index in [1.54, 1.807) is 40.9 Å². The standard InChI is InChI=1S/C23H33N4O6PS.C4H10O/c1-13(2)32-20(30)23(5,6)27-34(31,26-22(3,4)12-28)16-11-10-15(33-16)17-19(35-21(24)25-17)18(29)14-8-7-9-14;1-4(2)5-3/h10-14H,7-9H2,1-6H3,(H2,24,25)(H2,26,27,31);4H,1-3H3. The molecule has 1 aliphatic rings. The van der Waals surface area contributed by atoms with E-state index in [-0.39, 0.29) is 39.9 Å². The number of Topliss-reactive ketones (excluding diaryl/α,β-unsaturated/α-hetero) is 1. The number of furan rings is 1. The molecule has 0 aliphatic heterocycles. The van der Waals surface area contributed by atoms with Gasteiger partial charge in [-0.1, -0.05) is 17.8 Å². The van der Waals surface area contributed by atoms with Crippen molar-refractivity contribution in [3.05, 3.63) is 17.0 Å². The van der Waals surface area contributed by atoms with Crippen LogP contribution in [0, 0.1) is 5.92 Å². The summed E-state index contributed by atoms with van der Waals surface area (Å²) in [6.07, 6.45) is 3.28. The number of nitrogen functional groups attached to an aromatic ring is 1. The number of nitrogens with two attached hydrogens (primary N) is 1. The molecule has 1 aliphatic carbocycles.